The molecule has 1 N–H and O–H groups in total. The van der Waals surface area contributed by atoms with Crippen molar-refractivity contribution in [3.63, 3.8) is 0 Å². The molecule has 2 aromatic carbocycles. The number of methoxy groups -OCH3 is 1. The van der Waals surface area contributed by atoms with Crippen molar-refractivity contribution in [2.24, 2.45) is 0 Å². The van der Waals surface area contributed by atoms with Crippen LogP contribution in [0, 0.1) is 6.92 Å². The quantitative estimate of drug-likeness (QED) is 0.728. The van der Waals surface area contributed by atoms with Crippen molar-refractivity contribution in [3.05, 3.63) is 48.0 Å². The number of nitrogens with zero attached hydrogens (tertiary/aromatic N) is 1. The summed E-state index contributed by atoms with van der Waals surface area (Å²) in [5, 5.41) is 2.85. The molecule has 0 aliphatic rings. The van der Waals surface area contributed by atoms with E-state index in [4.69, 9.17) is 9.47 Å². The van der Waals surface area contributed by atoms with E-state index in [1.54, 1.807) is 37.4 Å². The minimum absolute atomic E-state index is 0.288. The number of hydrogen-bond acceptors (Lipinski definition) is 5. The van der Waals surface area contributed by atoms with Gasteiger partial charge in [-0.2, -0.15) is 0 Å². The van der Waals surface area contributed by atoms with Crippen LogP contribution in [-0.4, -0.2) is 40.8 Å². The van der Waals surface area contributed by atoms with Crippen LogP contribution in [0.25, 0.3) is 0 Å². The number of carbonyl (C=O) groups excluding carboxylic acids is 1. The molecule has 1 amide bonds. The minimum Gasteiger partial charge on any atom is -0.495 e. The first-order valence-electron chi connectivity index (χ1n) is 8.81. The van der Waals surface area contributed by atoms with Crippen molar-refractivity contribution >= 4 is 27.3 Å². The summed E-state index contributed by atoms with van der Waals surface area (Å²) in [7, 11) is -0.318. The molecule has 0 heterocycles. The van der Waals surface area contributed by atoms with Crippen LogP contribution >= 0.6 is 0 Å². The lowest BCUT2D eigenvalue weighted by molar-refractivity contribution is -0.122. The maximum absolute atomic E-state index is 12.7. The molecule has 2 rings (SSSR count). The van der Waals surface area contributed by atoms with Crippen molar-refractivity contribution in [3.8, 4) is 11.5 Å². The summed E-state index contributed by atoms with van der Waals surface area (Å²) in [5.41, 5.74) is 2.09. The molecule has 0 fully saturated rings. The molecule has 0 bridgehead atoms. The monoisotopic (exact) mass is 406 g/mol. The van der Waals surface area contributed by atoms with Gasteiger partial charge in [-0.05, 0) is 55.3 Å². The molecule has 7 nitrogen and oxygen atoms in total. The molecule has 2 aromatic rings. The lowest BCUT2D eigenvalue weighted by Crippen LogP contribution is -2.32. The van der Waals surface area contributed by atoms with Gasteiger partial charge in [0.2, 0.25) is 10.0 Å². The van der Waals surface area contributed by atoms with Crippen LogP contribution in [0.5, 0.6) is 11.5 Å². The summed E-state index contributed by atoms with van der Waals surface area (Å²) in [6.45, 7) is 3.78. The molecule has 0 saturated heterocycles. The molecule has 0 unspecified atom stereocenters. The first kappa shape index (κ1) is 21.6. The number of ether oxygens (including phenoxy) is 2. The zero-order valence-corrected chi connectivity index (χ0v) is 17.5. The first-order chi connectivity index (χ1) is 13.2. The predicted octanol–water partition coefficient (Wildman–Crippen LogP) is 3.20. The highest BCUT2D eigenvalue weighted by atomic mass is 32.2. The third kappa shape index (κ3) is 5.39. The van der Waals surface area contributed by atoms with E-state index in [0.717, 1.165) is 11.8 Å². The lowest BCUT2D eigenvalue weighted by atomic mass is 10.2. The molecule has 0 radical (unpaired) electrons. The van der Waals surface area contributed by atoms with Gasteiger partial charge in [-0.1, -0.05) is 13.0 Å². The first-order valence-corrected chi connectivity index (χ1v) is 10.7. The van der Waals surface area contributed by atoms with Gasteiger partial charge >= 0.3 is 0 Å². The van der Waals surface area contributed by atoms with Gasteiger partial charge < -0.3 is 14.8 Å². The average Bonchev–Trinajstić information content (AvgIpc) is 2.65. The summed E-state index contributed by atoms with van der Waals surface area (Å²) in [6, 6.07) is 12.1. The smallest absolute Gasteiger partial charge is 0.265 e. The third-order valence-electron chi connectivity index (χ3n) is 4.25. The zero-order valence-electron chi connectivity index (χ0n) is 16.7. The summed E-state index contributed by atoms with van der Waals surface area (Å²) >= 11 is 0. The summed E-state index contributed by atoms with van der Waals surface area (Å²) in [4.78, 5) is 12.7. The van der Waals surface area contributed by atoms with Gasteiger partial charge in [0, 0.05) is 7.05 Å². The highest BCUT2D eigenvalue weighted by Crippen LogP contribution is 2.26. The van der Waals surface area contributed by atoms with Crippen LogP contribution < -0.4 is 19.1 Å². The molecular weight excluding hydrogens is 380 g/mol. The number of hydrogen-bond donors (Lipinski definition) is 1. The van der Waals surface area contributed by atoms with Gasteiger partial charge in [0.15, 0.2) is 6.10 Å². The number of rotatable bonds is 8. The van der Waals surface area contributed by atoms with Crippen molar-refractivity contribution < 1.29 is 22.7 Å². The van der Waals surface area contributed by atoms with Gasteiger partial charge in [-0.3, -0.25) is 9.10 Å². The molecule has 0 saturated carbocycles. The second kappa shape index (κ2) is 8.97. The fourth-order valence-electron chi connectivity index (χ4n) is 2.55. The number of nitrogens with one attached hydrogen (secondary N) is 1. The average molecular weight is 407 g/mol. The highest BCUT2D eigenvalue weighted by Gasteiger charge is 2.20. The van der Waals surface area contributed by atoms with Gasteiger partial charge in [-0.25, -0.2) is 8.42 Å². The number of aryl methyl sites for hydroxylation is 1. The predicted molar refractivity (Wildman–Crippen MR) is 111 cm³/mol. The Morgan fingerprint density at radius 2 is 1.82 bits per heavy atom. The Labute approximate surface area is 166 Å². The Bertz CT molecular complexity index is 926. The van der Waals surface area contributed by atoms with Crippen molar-refractivity contribution in [1.29, 1.82) is 0 Å². The van der Waals surface area contributed by atoms with E-state index in [9.17, 15) is 13.2 Å². The summed E-state index contributed by atoms with van der Waals surface area (Å²) in [6.07, 6.45) is 0.892. The lowest BCUT2D eigenvalue weighted by Gasteiger charge is -2.20. The fourth-order valence-corrected chi connectivity index (χ4v) is 3.05. The number of amides is 1. The Morgan fingerprint density at radius 1 is 1.18 bits per heavy atom. The van der Waals surface area contributed by atoms with Gasteiger partial charge in [0.25, 0.3) is 5.91 Å². The van der Waals surface area contributed by atoms with E-state index < -0.39 is 16.1 Å². The number of anilines is 2. The second-order valence-electron chi connectivity index (χ2n) is 6.43. The van der Waals surface area contributed by atoms with Gasteiger partial charge in [-0.15, -0.1) is 0 Å². The van der Waals surface area contributed by atoms with Crippen LogP contribution in [0.15, 0.2) is 42.5 Å². The topological polar surface area (TPSA) is 84.9 Å². The standard InChI is InChI=1S/C20H26N2O5S/c1-6-18(20(23)21-17-13-14(2)7-12-19(17)26-4)27-16-10-8-15(9-11-16)22(3)28(5,24)25/h7-13,18H,6H2,1-5H3,(H,21,23)/t18-/m0/s1. The fraction of sp³-hybridized carbons (Fsp3) is 0.350. The Balaban J connectivity index is 2.11. The van der Waals surface area contributed by atoms with Crippen LogP contribution in [0.1, 0.15) is 18.9 Å². The Morgan fingerprint density at radius 3 is 2.36 bits per heavy atom. The van der Waals surface area contributed by atoms with E-state index in [0.29, 0.717) is 29.3 Å². The van der Waals surface area contributed by atoms with E-state index in [1.807, 2.05) is 26.0 Å². The van der Waals surface area contributed by atoms with Gasteiger partial charge in [0.1, 0.15) is 11.5 Å². The maximum Gasteiger partial charge on any atom is 0.265 e. The highest BCUT2D eigenvalue weighted by molar-refractivity contribution is 7.92. The largest absolute Gasteiger partial charge is 0.495 e. The SMILES string of the molecule is CC[C@H](Oc1ccc(N(C)S(C)(=O)=O)cc1)C(=O)Nc1cc(C)ccc1OC. The van der Waals surface area contributed by atoms with E-state index in [-0.39, 0.29) is 5.91 Å². The molecular formula is C20H26N2O5S. The number of sulfonamides is 1. The van der Waals surface area contributed by atoms with Crippen molar-refractivity contribution in [2.75, 3.05) is 30.0 Å². The molecule has 0 aliphatic heterocycles. The van der Waals surface area contributed by atoms with E-state index in [2.05, 4.69) is 5.32 Å². The van der Waals surface area contributed by atoms with Gasteiger partial charge in [0.05, 0.1) is 24.7 Å². The molecule has 0 aliphatic carbocycles. The molecule has 1 atom stereocenters. The molecule has 8 heteroatoms. The summed E-state index contributed by atoms with van der Waals surface area (Å²) in [5.74, 6) is 0.759. The minimum atomic E-state index is -3.34. The van der Waals surface area contributed by atoms with Crippen LogP contribution in [-0.2, 0) is 14.8 Å². The molecule has 0 aromatic heterocycles. The third-order valence-corrected chi connectivity index (χ3v) is 5.46. The van der Waals surface area contributed by atoms with Crippen LogP contribution in [0.3, 0.4) is 0 Å². The Hall–Kier alpha value is -2.74. The van der Waals surface area contributed by atoms with Crippen molar-refractivity contribution in [2.45, 2.75) is 26.4 Å². The van der Waals surface area contributed by atoms with Crippen LogP contribution in [0.2, 0.25) is 0 Å². The normalized spacial score (nSPS) is 12.2. The Kier molecular flexibility index (Phi) is 6.90. The number of carbonyl (C=O) groups is 1. The molecule has 0 spiro atoms. The maximum atomic E-state index is 12.7. The van der Waals surface area contributed by atoms with Crippen molar-refractivity contribution in [1.82, 2.24) is 0 Å². The van der Waals surface area contributed by atoms with E-state index in [1.165, 1.54) is 11.4 Å². The molecule has 152 valence electrons. The molecule has 28 heavy (non-hydrogen) atoms. The van der Waals surface area contributed by atoms with Crippen LogP contribution in [0.4, 0.5) is 11.4 Å². The zero-order chi connectivity index (χ0) is 20.9. The number of benzene rings is 2. The summed E-state index contributed by atoms with van der Waals surface area (Å²) < 4.78 is 35.5. The van der Waals surface area contributed by atoms with E-state index >= 15 is 0 Å². The second-order valence-corrected chi connectivity index (χ2v) is 8.45.